The highest BCUT2D eigenvalue weighted by Crippen LogP contribution is 2.15. The molecular formula is C17H19FN2O. The zero-order valence-corrected chi connectivity index (χ0v) is 12.2. The Morgan fingerprint density at radius 2 is 1.90 bits per heavy atom. The predicted molar refractivity (Wildman–Crippen MR) is 81.4 cm³/mol. The molecule has 0 aromatic heterocycles. The Hall–Kier alpha value is -2.20. The zero-order valence-electron chi connectivity index (χ0n) is 12.2. The Morgan fingerprint density at radius 3 is 2.48 bits per heavy atom. The van der Waals surface area contributed by atoms with Crippen LogP contribution in [-0.4, -0.2) is 5.91 Å². The van der Waals surface area contributed by atoms with Crippen LogP contribution < -0.4 is 11.1 Å². The molecule has 110 valence electrons. The number of hydrogen-bond acceptors (Lipinski definition) is 2. The Labute approximate surface area is 124 Å². The van der Waals surface area contributed by atoms with E-state index >= 15 is 0 Å². The highest BCUT2D eigenvalue weighted by atomic mass is 19.1. The van der Waals surface area contributed by atoms with Crippen LogP contribution in [0, 0.1) is 12.7 Å². The minimum Gasteiger partial charge on any atom is -0.346 e. The van der Waals surface area contributed by atoms with Crippen LogP contribution in [0.5, 0.6) is 0 Å². The maximum absolute atomic E-state index is 13.3. The Bertz CT molecular complexity index is 617. The fourth-order valence-corrected chi connectivity index (χ4v) is 2.17. The van der Waals surface area contributed by atoms with Gasteiger partial charge >= 0.3 is 0 Å². The van der Waals surface area contributed by atoms with Gasteiger partial charge in [0.1, 0.15) is 5.82 Å². The van der Waals surface area contributed by atoms with Crippen LogP contribution in [0.25, 0.3) is 0 Å². The lowest BCUT2D eigenvalue weighted by atomic mass is 10.1. The lowest BCUT2D eigenvalue weighted by molar-refractivity contribution is 0.0939. The monoisotopic (exact) mass is 286 g/mol. The summed E-state index contributed by atoms with van der Waals surface area (Å²) in [5.41, 5.74) is 8.63. The minimum atomic E-state index is -0.403. The average Bonchev–Trinajstić information content (AvgIpc) is 2.46. The summed E-state index contributed by atoms with van der Waals surface area (Å²) < 4.78 is 13.3. The normalized spacial score (nSPS) is 12.0. The summed E-state index contributed by atoms with van der Waals surface area (Å²) in [4.78, 5) is 12.2. The number of nitrogens with one attached hydrogen (secondary N) is 1. The first-order chi connectivity index (χ1) is 9.99. The van der Waals surface area contributed by atoms with E-state index in [-0.39, 0.29) is 11.9 Å². The highest BCUT2D eigenvalue weighted by molar-refractivity contribution is 5.94. The first-order valence-electron chi connectivity index (χ1n) is 6.86. The number of halogens is 1. The summed E-state index contributed by atoms with van der Waals surface area (Å²) in [6, 6.07) is 11.9. The van der Waals surface area contributed by atoms with Crippen LogP contribution in [-0.2, 0) is 6.54 Å². The Morgan fingerprint density at radius 1 is 1.24 bits per heavy atom. The van der Waals surface area contributed by atoms with Crippen molar-refractivity contribution in [1.82, 2.24) is 5.32 Å². The summed E-state index contributed by atoms with van der Waals surface area (Å²) in [6.45, 7) is 4.14. The van der Waals surface area contributed by atoms with Gasteiger partial charge in [0.15, 0.2) is 0 Å². The number of carbonyl (C=O) groups excluding carboxylic acids is 1. The summed E-state index contributed by atoms with van der Waals surface area (Å²) >= 11 is 0. The number of aryl methyl sites for hydroxylation is 1. The Kier molecular flexibility index (Phi) is 4.70. The second-order valence-electron chi connectivity index (χ2n) is 5.16. The maximum atomic E-state index is 13.3. The van der Waals surface area contributed by atoms with E-state index in [1.54, 1.807) is 13.0 Å². The smallest absolute Gasteiger partial charge is 0.251 e. The lowest BCUT2D eigenvalue weighted by Crippen LogP contribution is -2.26. The van der Waals surface area contributed by atoms with Crippen molar-refractivity contribution in [2.24, 2.45) is 5.73 Å². The molecule has 2 aromatic carbocycles. The molecule has 1 unspecified atom stereocenters. The molecule has 0 aliphatic heterocycles. The van der Waals surface area contributed by atoms with Crippen molar-refractivity contribution < 1.29 is 9.18 Å². The molecule has 3 nitrogen and oxygen atoms in total. The fourth-order valence-electron chi connectivity index (χ4n) is 2.17. The van der Waals surface area contributed by atoms with Crippen molar-refractivity contribution in [2.45, 2.75) is 26.4 Å². The van der Waals surface area contributed by atoms with Crippen LogP contribution in [0.3, 0.4) is 0 Å². The number of carbonyl (C=O) groups is 1. The number of nitrogens with two attached hydrogens (primary N) is 1. The SMILES string of the molecule is Cc1cc(F)cc(C(=O)NC(C)c2ccc(CN)cc2)c1. The van der Waals surface area contributed by atoms with Crippen molar-refractivity contribution in [3.8, 4) is 0 Å². The van der Waals surface area contributed by atoms with E-state index in [0.717, 1.165) is 16.7 Å². The molecule has 0 radical (unpaired) electrons. The van der Waals surface area contributed by atoms with E-state index in [4.69, 9.17) is 5.73 Å². The number of amides is 1. The van der Waals surface area contributed by atoms with Gasteiger partial charge in [-0.3, -0.25) is 4.79 Å². The van der Waals surface area contributed by atoms with Gasteiger partial charge in [0, 0.05) is 12.1 Å². The molecule has 3 N–H and O–H groups in total. The topological polar surface area (TPSA) is 55.1 Å². The molecule has 21 heavy (non-hydrogen) atoms. The third-order valence-corrected chi connectivity index (χ3v) is 3.37. The molecule has 0 spiro atoms. The van der Waals surface area contributed by atoms with E-state index in [2.05, 4.69) is 5.32 Å². The zero-order chi connectivity index (χ0) is 15.4. The van der Waals surface area contributed by atoms with Crippen LogP contribution in [0.4, 0.5) is 4.39 Å². The van der Waals surface area contributed by atoms with Gasteiger partial charge in [-0.1, -0.05) is 24.3 Å². The summed E-state index contributed by atoms with van der Waals surface area (Å²) in [7, 11) is 0. The van der Waals surface area contributed by atoms with Gasteiger partial charge in [0.05, 0.1) is 6.04 Å². The van der Waals surface area contributed by atoms with Gasteiger partial charge in [0.25, 0.3) is 5.91 Å². The van der Waals surface area contributed by atoms with Gasteiger partial charge in [-0.05, 0) is 48.7 Å². The van der Waals surface area contributed by atoms with Gasteiger partial charge in [0.2, 0.25) is 0 Å². The van der Waals surface area contributed by atoms with E-state index in [1.165, 1.54) is 12.1 Å². The number of rotatable bonds is 4. The van der Waals surface area contributed by atoms with Crippen molar-refractivity contribution in [2.75, 3.05) is 0 Å². The molecular weight excluding hydrogens is 267 g/mol. The summed E-state index contributed by atoms with van der Waals surface area (Å²) in [6.07, 6.45) is 0. The molecule has 0 heterocycles. The average molecular weight is 286 g/mol. The second kappa shape index (κ2) is 6.50. The largest absolute Gasteiger partial charge is 0.346 e. The number of benzene rings is 2. The molecule has 0 aliphatic carbocycles. The van der Waals surface area contributed by atoms with Gasteiger partial charge < -0.3 is 11.1 Å². The molecule has 1 amide bonds. The fraction of sp³-hybridized carbons (Fsp3) is 0.235. The van der Waals surface area contributed by atoms with Crippen LogP contribution >= 0.6 is 0 Å². The maximum Gasteiger partial charge on any atom is 0.251 e. The highest BCUT2D eigenvalue weighted by Gasteiger charge is 2.12. The van der Waals surface area contributed by atoms with Gasteiger partial charge in [-0.25, -0.2) is 4.39 Å². The first kappa shape index (κ1) is 15.2. The van der Waals surface area contributed by atoms with Crippen LogP contribution in [0.1, 0.15) is 40.0 Å². The Balaban J connectivity index is 2.10. The minimum absolute atomic E-state index is 0.159. The van der Waals surface area contributed by atoms with E-state index in [0.29, 0.717) is 12.1 Å². The number of hydrogen-bond donors (Lipinski definition) is 2. The van der Waals surface area contributed by atoms with Crippen LogP contribution in [0.2, 0.25) is 0 Å². The molecule has 2 aromatic rings. The first-order valence-corrected chi connectivity index (χ1v) is 6.86. The van der Waals surface area contributed by atoms with Crippen molar-refractivity contribution in [3.05, 3.63) is 70.5 Å². The standard InChI is InChI=1S/C17H19FN2O/c1-11-7-15(9-16(18)8-11)17(21)20-12(2)14-5-3-13(10-19)4-6-14/h3-9,12H,10,19H2,1-2H3,(H,20,21). The molecule has 0 aliphatic rings. The third-order valence-electron chi connectivity index (χ3n) is 3.37. The molecule has 0 saturated carbocycles. The van der Waals surface area contributed by atoms with Crippen LogP contribution in [0.15, 0.2) is 42.5 Å². The molecule has 0 saturated heterocycles. The van der Waals surface area contributed by atoms with E-state index in [1.807, 2.05) is 31.2 Å². The van der Waals surface area contributed by atoms with E-state index in [9.17, 15) is 9.18 Å². The quantitative estimate of drug-likeness (QED) is 0.907. The van der Waals surface area contributed by atoms with E-state index < -0.39 is 5.82 Å². The summed E-state index contributed by atoms with van der Waals surface area (Å²) in [5.74, 6) is -0.687. The van der Waals surface area contributed by atoms with Gasteiger partial charge in [-0.15, -0.1) is 0 Å². The van der Waals surface area contributed by atoms with Crippen molar-refractivity contribution in [1.29, 1.82) is 0 Å². The second-order valence-corrected chi connectivity index (χ2v) is 5.16. The van der Waals surface area contributed by atoms with Gasteiger partial charge in [-0.2, -0.15) is 0 Å². The molecule has 0 bridgehead atoms. The molecule has 1 atom stereocenters. The predicted octanol–water partition coefficient (Wildman–Crippen LogP) is 3.08. The third kappa shape index (κ3) is 3.89. The summed E-state index contributed by atoms with van der Waals surface area (Å²) in [5, 5.41) is 2.87. The van der Waals surface area contributed by atoms with Crippen molar-refractivity contribution >= 4 is 5.91 Å². The molecule has 4 heteroatoms. The van der Waals surface area contributed by atoms with Crippen molar-refractivity contribution in [3.63, 3.8) is 0 Å². The molecule has 0 fully saturated rings. The lowest BCUT2D eigenvalue weighted by Gasteiger charge is -2.15. The molecule has 2 rings (SSSR count).